The molecule has 0 N–H and O–H groups in total. The Morgan fingerprint density at radius 3 is 1.75 bits per heavy atom. The van der Waals surface area contributed by atoms with Gasteiger partial charge in [0.15, 0.2) is 0 Å². The minimum Gasteiger partial charge on any atom is -0.226 e. The van der Waals surface area contributed by atoms with Crippen molar-refractivity contribution in [3.63, 3.8) is 0 Å². The molecular formula is C20H8N4. The average Bonchev–Trinajstić information content (AvgIpc) is 2.62. The van der Waals surface area contributed by atoms with Gasteiger partial charge < -0.3 is 0 Å². The summed E-state index contributed by atoms with van der Waals surface area (Å²) in [6.07, 6.45) is 0. The summed E-state index contributed by atoms with van der Waals surface area (Å²) in [5.41, 5.74) is 0.146. The Morgan fingerprint density at radius 2 is 1.25 bits per heavy atom. The van der Waals surface area contributed by atoms with Crippen molar-refractivity contribution >= 4 is 32.8 Å². The fraction of sp³-hybridized carbons (Fsp3) is 0. The van der Waals surface area contributed by atoms with Crippen LogP contribution in [0, 0.1) is 40.6 Å². The Kier molecular flexibility index (Phi) is 3.66. The highest BCUT2D eigenvalue weighted by Crippen LogP contribution is 2.20. The molecule has 3 aromatic carbocycles. The van der Waals surface area contributed by atoms with Crippen LogP contribution in [0.2, 0.25) is 0 Å². The number of hydrogen-bond acceptors (Lipinski definition) is 3. The van der Waals surface area contributed by atoms with Gasteiger partial charge in [-0.2, -0.15) is 10.5 Å². The molecule has 0 unspecified atom stereocenters. The van der Waals surface area contributed by atoms with Crippen LogP contribution in [0.1, 0.15) is 0 Å². The fourth-order valence-corrected chi connectivity index (χ4v) is 2.61. The Bertz CT molecular complexity index is 1150. The van der Waals surface area contributed by atoms with E-state index < -0.39 is 0 Å². The second-order valence-corrected chi connectivity index (χ2v) is 5.15. The van der Waals surface area contributed by atoms with Gasteiger partial charge in [-0.05, 0) is 45.0 Å². The number of nitriles is 3. The molecule has 4 nitrogen and oxygen atoms in total. The van der Waals surface area contributed by atoms with E-state index >= 15 is 0 Å². The molecule has 3 aromatic rings. The number of benzene rings is 3. The summed E-state index contributed by atoms with van der Waals surface area (Å²) >= 11 is 0. The first-order chi connectivity index (χ1) is 11.7. The predicted molar refractivity (Wildman–Crippen MR) is 91.0 cm³/mol. The first-order valence-corrected chi connectivity index (χ1v) is 7.00. The van der Waals surface area contributed by atoms with Gasteiger partial charge in [0.1, 0.15) is 17.7 Å². The number of hydrogen-bond donors (Lipinski definition) is 0. The highest BCUT2D eigenvalue weighted by atomic mass is 14.7. The molecule has 24 heavy (non-hydrogen) atoms. The van der Waals surface area contributed by atoms with Crippen LogP contribution in [0.15, 0.2) is 48.5 Å². The summed E-state index contributed by atoms with van der Waals surface area (Å²) < 4.78 is 0. The molecule has 0 atom stereocenters. The van der Waals surface area contributed by atoms with Gasteiger partial charge in [0.05, 0.1) is 12.6 Å². The first kappa shape index (κ1) is 14.8. The average molecular weight is 304 g/mol. The van der Waals surface area contributed by atoms with Crippen LogP contribution in [0.3, 0.4) is 0 Å². The van der Waals surface area contributed by atoms with E-state index in [2.05, 4.69) is 4.85 Å². The monoisotopic (exact) mass is 304 g/mol. The summed E-state index contributed by atoms with van der Waals surface area (Å²) in [4.78, 5) is 3.24. The maximum Gasteiger partial charge on any atom is 0.268 e. The molecule has 0 radical (unpaired) electrons. The molecule has 108 valence electrons. The lowest BCUT2D eigenvalue weighted by atomic mass is 10.0. The van der Waals surface area contributed by atoms with E-state index in [1.807, 2.05) is 54.6 Å². The molecule has 0 aliphatic heterocycles. The van der Waals surface area contributed by atoms with E-state index in [-0.39, 0.29) is 11.3 Å². The number of fused-ring (bicyclic) bond motifs is 2. The smallest absolute Gasteiger partial charge is 0.226 e. The molecule has 3 rings (SSSR count). The zero-order valence-corrected chi connectivity index (χ0v) is 12.4. The molecule has 0 spiro atoms. The zero-order chi connectivity index (χ0) is 17.1. The zero-order valence-electron chi connectivity index (χ0n) is 12.4. The normalized spacial score (nSPS) is 11.0. The van der Waals surface area contributed by atoms with E-state index in [1.54, 1.807) is 12.1 Å². The van der Waals surface area contributed by atoms with Crippen molar-refractivity contribution < 1.29 is 0 Å². The molecular weight excluding hydrogens is 296 g/mol. The Labute approximate surface area is 137 Å². The minimum absolute atomic E-state index is 0.0645. The molecule has 0 amide bonds. The molecule has 0 heterocycles. The third kappa shape index (κ3) is 2.42. The van der Waals surface area contributed by atoms with Crippen molar-refractivity contribution in [2.75, 3.05) is 0 Å². The molecule has 0 aliphatic carbocycles. The quantitative estimate of drug-likeness (QED) is 0.473. The van der Waals surface area contributed by atoms with Crippen LogP contribution in [0.4, 0.5) is 0 Å². The van der Waals surface area contributed by atoms with Crippen LogP contribution < -0.4 is 10.4 Å². The number of rotatable bonds is 0. The second-order valence-electron chi connectivity index (χ2n) is 5.15. The van der Waals surface area contributed by atoms with Gasteiger partial charge in [0, 0.05) is 5.22 Å². The summed E-state index contributed by atoms with van der Waals surface area (Å²) in [5, 5.41) is 31.9. The largest absolute Gasteiger partial charge is 0.268 e. The van der Waals surface area contributed by atoms with Crippen LogP contribution in [-0.2, 0) is 0 Å². The third-order valence-corrected chi connectivity index (χ3v) is 3.80. The predicted octanol–water partition coefficient (Wildman–Crippen LogP) is 2.74. The Balaban J connectivity index is 2.37. The van der Waals surface area contributed by atoms with Gasteiger partial charge in [-0.25, -0.2) is 10.1 Å². The van der Waals surface area contributed by atoms with Crippen LogP contribution >= 0.6 is 0 Å². The first-order valence-electron chi connectivity index (χ1n) is 7.00. The second kappa shape index (κ2) is 5.94. The van der Waals surface area contributed by atoms with Gasteiger partial charge in [-0.3, -0.25) is 0 Å². The summed E-state index contributed by atoms with van der Waals surface area (Å²) in [6.45, 7) is 7.05. The van der Waals surface area contributed by atoms with Crippen molar-refractivity contribution in [3.05, 3.63) is 70.4 Å². The maximum absolute atomic E-state index is 9.00. The lowest BCUT2D eigenvalue weighted by Gasteiger charge is -2.03. The van der Waals surface area contributed by atoms with Crippen molar-refractivity contribution in [3.8, 4) is 18.2 Å². The van der Waals surface area contributed by atoms with E-state index in [4.69, 9.17) is 22.4 Å². The topological polar surface area (TPSA) is 75.7 Å². The molecule has 0 saturated carbocycles. The number of nitrogens with zero attached hydrogens (tertiary/aromatic N) is 4. The summed E-state index contributed by atoms with van der Waals surface area (Å²) in [7, 11) is 0. The highest BCUT2D eigenvalue weighted by molar-refractivity contribution is 5.98. The van der Waals surface area contributed by atoms with Crippen molar-refractivity contribution in [2.24, 2.45) is 0 Å². The maximum atomic E-state index is 9.00. The molecule has 0 aliphatic rings. The van der Waals surface area contributed by atoms with Crippen LogP contribution in [0.5, 0.6) is 0 Å². The van der Waals surface area contributed by atoms with Gasteiger partial charge in [-0.15, -0.1) is 0 Å². The van der Waals surface area contributed by atoms with Crippen LogP contribution in [-0.4, -0.2) is 0 Å². The Morgan fingerprint density at radius 1 is 0.708 bits per heavy atom. The van der Waals surface area contributed by atoms with Crippen molar-refractivity contribution in [1.82, 2.24) is 0 Å². The van der Waals surface area contributed by atoms with E-state index in [0.29, 0.717) is 10.4 Å². The molecule has 0 aromatic heterocycles. The lowest BCUT2D eigenvalue weighted by Crippen LogP contribution is -2.04. The highest BCUT2D eigenvalue weighted by Gasteiger charge is 2.02. The van der Waals surface area contributed by atoms with Gasteiger partial charge in [-0.1, -0.05) is 30.3 Å². The molecule has 0 fully saturated rings. The van der Waals surface area contributed by atoms with Gasteiger partial charge >= 0.3 is 0 Å². The van der Waals surface area contributed by atoms with Gasteiger partial charge in [0.2, 0.25) is 0 Å². The molecule has 0 bridgehead atoms. The van der Waals surface area contributed by atoms with Gasteiger partial charge in [0.25, 0.3) is 5.70 Å². The summed E-state index contributed by atoms with van der Waals surface area (Å²) in [6, 6.07) is 20.5. The SMILES string of the molecule is [C-]#[N+]C(C#N)=c1ccc2cc3cc(=C(C#N)C#N)ccc3cc2c1. The van der Waals surface area contributed by atoms with Crippen molar-refractivity contribution in [1.29, 1.82) is 15.8 Å². The minimum atomic E-state index is 0.0645. The molecule has 0 saturated heterocycles. The van der Waals surface area contributed by atoms with Crippen LogP contribution in [0.25, 0.3) is 37.7 Å². The van der Waals surface area contributed by atoms with E-state index in [0.717, 1.165) is 21.5 Å². The lowest BCUT2D eigenvalue weighted by molar-refractivity contribution is 1.49. The van der Waals surface area contributed by atoms with Crippen molar-refractivity contribution in [2.45, 2.75) is 0 Å². The standard InChI is InChI=1S/C20H8N4/c1-24-20(12-23)16-5-4-14-6-17-8-15(19(10-21)11-22)3-2-13(17)7-18(14)9-16/h2-9H. The third-order valence-electron chi connectivity index (χ3n) is 3.80. The summed E-state index contributed by atoms with van der Waals surface area (Å²) in [5.74, 6) is 0. The molecule has 4 heteroatoms. The van der Waals surface area contributed by atoms with E-state index in [9.17, 15) is 0 Å². The Hall–Kier alpha value is -4.12. The fourth-order valence-electron chi connectivity index (χ4n) is 2.61. The van der Waals surface area contributed by atoms with E-state index in [1.165, 1.54) is 0 Å².